The number of benzene rings is 1. The average Bonchev–Trinajstić information content (AvgIpc) is 2.66. The van der Waals surface area contributed by atoms with Gasteiger partial charge in [0.05, 0.1) is 18.3 Å². The number of carbonyl (C=O) groups excluding carboxylic acids is 2. The highest BCUT2D eigenvalue weighted by Gasteiger charge is 2.27. The number of anilines is 2. The summed E-state index contributed by atoms with van der Waals surface area (Å²) in [6, 6.07) is 3.62. The molecule has 0 bridgehead atoms. The molecular formula is C20H27F2N4O4-. The van der Waals surface area contributed by atoms with E-state index < -0.39 is 12.7 Å². The lowest BCUT2D eigenvalue weighted by Crippen LogP contribution is -2.46. The number of nitrogens with zero attached hydrogens (tertiary/aromatic N) is 2. The van der Waals surface area contributed by atoms with Crippen LogP contribution < -0.4 is 15.0 Å². The number of carbonyl (C=O) groups is 2. The number of halogens is 2. The van der Waals surface area contributed by atoms with Gasteiger partial charge in [0.25, 0.3) is 5.91 Å². The van der Waals surface area contributed by atoms with Gasteiger partial charge in [0, 0.05) is 24.8 Å². The van der Waals surface area contributed by atoms with Crippen molar-refractivity contribution in [3.8, 4) is 5.75 Å². The SMILES string of the molecule is CN(CC1CCC1)[C@@H](C[NH-])C(=O)Nc1ccc(N2CCOCC2=O)c(OC(F)F)c1. The lowest BCUT2D eigenvalue weighted by molar-refractivity contribution is -0.126. The smallest absolute Gasteiger partial charge is 0.387 e. The van der Waals surface area contributed by atoms with E-state index in [1.807, 2.05) is 11.9 Å². The number of morpholine rings is 1. The molecule has 1 aromatic carbocycles. The van der Waals surface area contributed by atoms with Crippen LogP contribution in [0.5, 0.6) is 5.75 Å². The molecule has 2 amide bonds. The minimum atomic E-state index is -3.08. The van der Waals surface area contributed by atoms with E-state index in [0.29, 0.717) is 5.92 Å². The highest BCUT2D eigenvalue weighted by molar-refractivity contribution is 5.98. The Labute approximate surface area is 174 Å². The first-order chi connectivity index (χ1) is 14.4. The van der Waals surface area contributed by atoms with Gasteiger partial charge in [-0.1, -0.05) is 6.42 Å². The number of alkyl halides is 2. The maximum atomic E-state index is 12.9. The monoisotopic (exact) mass is 425 g/mol. The molecule has 1 saturated heterocycles. The van der Waals surface area contributed by atoms with Crippen molar-refractivity contribution in [2.24, 2.45) is 5.92 Å². The third-order valence-corrected chi connectivity index (χ3v) is 5.52. The Morgan fingerprint density at radius 2 is 2.20 bits per heavy atom. The molecule has 3 rings (SSSR count). The molecule has 1 aliphatic heterocycles. The van der Waals surface area contributed by atoms with E-state index in [1.54, 1.807) is 0 Å². The number of nitrogens with one attached hydrogen (secondary N) is 2. The molecule has 166 valence electrons. The molecule has 1 aliphatic carbocycles. The van der Waals surface area contributed by atoms with Crippen molar-refractivity contribution in [3.63, 3.8) is 0 Å². The Kier molecular flexibility index (Phi) is 7.57. The number of rotatable bonds is 9. The van der Waals surface area contributed by atoms with Gasteiger partial charge in [0.1, 0.15) is 6.61 Å². The Morgan fingerprint density at radius 3 is 2.80 bits per heavy atom. The van der Waals surface area contributed by atoms with Crippen molar-refractivity contribution in [1.29, 1.82) is 0 Å². The number of hydrogen-bond donors (Lipinski definition) is 1. The molecule has 2 fully saturated rings. The zero-order chi connectivity index (χ0) is 21.7. The second-order valence-corrected chi connectivity index (χ2v) is 7.60. The summed E-state index contributed by atoms with van der Waals surface area (Å²) in [6.07, 6.45) is 3.46. The molecule has 0 unspecified atom stereocenters. The van der Waals surface area contributed by atoms with Crippen molar-refractivity contribution >= 4 is 23.2 Å². The molecule has 0 radical (unpaired) electrons. The van der Waals surface area contributed by atoms with Gasteiger partial charge in [-0.2, -0.15) is 8.78 Å². The lowest BCUT2D eigenvalue weighted by atomic mass is 9.85. The number of amides is 2. The van der Waals surface area contributed by atoms with Crippen LogP contribution in [0.4, 0.5) is 20.2 Å². The minimum Gasteiger partial charge on any atom is -0.676 e. The highest BCUT2D eigenvalue weighted by atomic mass is 19.3. The summed E-state index contributed by atoms with van der Waals surface area (Å²) < 4.78 is 35.6. The minimum absolute atomic E-state index is 0.115. The molecule has 10 heteroatoms. The standard InChI is InChI=1S/C20H27F2N4O4/c1-25(11-13-3-2-4-13)16(10-23)19(28)24-14-5-6-15(17(9-14)30-20(21)22)26-7-8-29-12-18(26)27/h5-6,9,13,16,20,23H,2-4,7-8,10-12H2,1H3,(H,24,28)/q-1/t16-/m0/s1. The lowest BCUT2D eigenvalue weighted by Gasteiger charge is -2.35. The van der Waals surface area contributed by atoms with Gasteiger partial charge in [0.2, 0.25) is 5.91 Å². The molecule has 1 atom stereocenters. The van der Waals surface area contributed by atoms with Gasteiger partial charge in [-0.25, -0.2) is 0 Å². The first kappa shape index (κ1) is 22.4. The van der Waals surface area contributed by atoms with Gasteiger partial charge in [-0.05, 0) is 37.9 Å². The molecule has 0 spiro atoms. The van der Waals surface area contributed by atoms with E-state index in [1.165, 1.54) is 29.5 Å². The fourth-order valence-electron chi connectivity index (χ4n) is 3.66. The van der Waals surface area contributed by atoms with Crippen LogP contribution in [0.1, 0.15) is 19.3 Å². The first-order valence-electron chi connectivity index (χ1n) is 10.0. The third-order valence-electron chi connectivity index (χ3n) is 5.52. The summed E-state index contributed by atoms with van der Waals surface area (Å²) in [4.78, 5) is 28.0. The van der Waals surface area contributed by atoms with Gasteiger partial charge in [0.15, 0.2) is 5.75 Å². The molecule has 30 heavy (non-hydrogen) atoms. The molecule has 1 saturated carbocycles. The summed E-state index contributed by atoms with van der Waals surface area (Å²) in [5.74, 6) is -0.398. The van der Waals surface area contributed by atoms with Gasteiger partial charge in [-0.15, -0.1) is 6.54 Å². The molecule has 1 aromatic rings. The van der Waals surface area contributed by atoms with E-state index in [4.69, 9.17) is 10.5 Å². The van der Waals surface area contributed by atoms with Crippen LogP contribution in [-0.4, -0.2) is 69.3 Å². The van der Waals surface area contributed by atoms with E-state index in [0.717, 1.165) is 19.4 Å². The van der Waals surface area contributed by atoms with Gasteiger partial charge in [-0.3, -0.25) is 14.5 Å². The third kappa shape index (κ3) is 5.44. The highest BCUT2D eigenvalue weighted by Crippen LogP contribution is 2.34. The fourth-order valence-corrected chi connectivity index (χ4v) is 3.66. The van der Waals surface area contributed by atoms with Crippen molar-refractivity contribution in [2.45, 2.75) is 31.9 Å². The van der Waals surface area contributed by atoms with E-state index in [-0.39, 0.29) is 55.2 Å². The summed E-state index contributed by atoms with van der Waals surface area (Å²) in [6.45, 7) is -2.08. The first-order valence-corrected chi connectivity index (χ1v) is 10.0. The van der Waals surface area contributed by atoms with Gasteiger partial charge >= 0.3 is 6.61 Å². The van der Waals surface area contributed by atoms with Crippen molar-refractivity contribution in [2.75, 3.05) is 50.1 Å². The zero-order valence-corrected chi connectivity index (χ0v) is 16.9. The Bertz CT molecular complexity index is 760. The average molecular weight is 425 g/mol. The van der Waals surface area contributed by atoms with Crippen LogP contribution in [0.25, 0.3) is 5.73 Å². The molecular weight excluding hydrogens is 398 g/mol. The maximum Gasteiger partial charge on any atom is 0.387 e. The number of likely N-dealkylation sites (N-methyl/N-ethyl adjacent to an activating group) is 1. The largest absolute Gasteiger partial charge is 0.676 e. The van der Waals surface area contributed by atoms with Gasteiger partial charge < -0.3 is 25.4 Å². The summed E-state index contributed by atoms with van der Waals surface area (Å²) in [5.41, 5.74) is 8.20. The fraction of sp³-hybridized carbons (Fsp3) is 0.600. The van der Waals surface area contributed by atoms with Crippen LogP contribution in [-0.2, 0) is 14.3 Å². The quantitative estimate of drug-likeness (QED) is 0.657. The topological polar surface area (TPSA) is 94.9 Å². The Morgan fingerprint density at radius 1 is 1.43 bits per heavy atom. The number of hydrogen-bond acceptors (Lipinski definition) is 5. The van der Waals surface area contributed by atoms with Crippen LogP contribution in [0.3, 0.4) is 0 Å². The van der Waals surface area contributed by atoms with Crippen LogP contribution >= 0.6 is 0 Å². The predicted molar refractivity (Wildman–Crippen MR) is 108 cm³/mol. The van der Waals surface area contributed by atoms with Crippen LogP contribution in [0, 0.1) is 5.92 Å². The second-order valence-electron chi connectivity index (χ2n) is 7.60. The zero-order valence-electron chi connectivity index (χ0n) is 16.9. The van der Waals surface area contributed by atoms with Crippen LogP contribution in [0.2, 0.25) is 0 Å². The molecule has 2 N–H and O–H groups in total. The normalized spacial score (nSPS) is 18.5. The number of ether oxygens (including phenoxy) is 2. The summed E-state index contributed by atoms with van der Waals surface area (Å²) in [7, 11) is 1.82. The Hall–Kier alpha value is -2.30. The van der Waals surface area contributed by atoms with E-state index in [2.05, 4.69) is 10.1 Å². The Balaban J connectivity index is 1.74. The van der Waals surface area contributed by atoms with Crippen molar-refractivity contribution in [3.05, 3.63) is 23.9 Å². The van der Waals surface area contributed by atoms with E-state index in [9.17, 15) is 18.4 Å². The maximum absolute atomic E-state index is 12.9. The summed E-state index contributed by atoms with van der Waals surface area (Å²) >= 11 is 0. The van der Waals surface area contributed by atoms with Crippen molar-refractivity contribution < 1.29 is 27.8 Å². The van der Waals surface area contributed by atoms with Crippen LogP contribution in [0.15, 0.2) is 18.2 Å². The van der Waals surface area contributed by atoms with Crippen molar-refractivity contribution in [1.82, 2.24) is 4.90 Å². The molecule has 1 heterocycles. The molecule has 8 nitrogen and oxygen atoms in total. The predicted octanol–water partition coefficient (Wildman–Crippen LogP) is 2.74. The molecule has 0 aromatic heterocycles. The second kappa shape index (κ2) is 10.1. The van der Waals surface area contributed by atoms with E-state index >= 15 is 0 Å². The summed E-state index contributed by atoms with van der Waals surface area (Å²) in [5, 5.41) is 2.68. The molecule has 2 aliphatic rings.